The van der Waals surface area contributed by atoms with Crippen LogP contribution in [0.5, 0.6) is 0 Å². The van der Waals surface area contributed by atoms with Gasteiger partial charge in [-0.25, -0.2) is 24.2 Å². The highest BCUT2D eigenvalue weighted by Gasteiger charge is 2.17. The zero-order chi connectivity index (χ0) is 30.6. The molecule has 236 valence electrons. The van der Waals surface area contributed by atoms with E-state index in [1.807, 2.05) is 39.0 Å². The van der Waals surface area contributed by atoms with Gasteiger partial charge in [0.25, 0.3) is 0 Å². The summed E-state index contributed by atoms with van der Waals surface area (Å²) in [6.45, 7) is 10.0. The van der Waals surface area contributed by atoms with E-state index in [1.54, 1.807) is 12.1 Å². The minimum Gasteiger partial charge on any atom is -0.456 e. The summed E-state index contributed by atoms with van der Waals surface area (Å²) in [4.78, 5) is 43.8. The van der Waals surface area contributed by atoms with Crippen LogP contribution in [0.2, 0.25) is 0 Å². The Morgan fingerprint density at radius 3 is 1.22 bits per heavy atom. The lowest BCUT2D eigenvalue weighted by Crippen LogP contribution is -2.23. The number of benzene rings is 1. The number of esters is 1. The number of carbonyl (C=O) groups excluding carboxylic acids is 3. The van der Waals surface area contributed by atoms with Crippen molar-refractivity contribution in [3.63, 3.8) is 0 Å². The first-order valence-electron chi connectivity index (χ1n) is 16.4. The quantitative estimate of drug-likeness (QED) is 0.0627. The van der Waals surface area contributed by atoms with Crippen LogP contribution in [0.1, 0.15) is 173 Å². The fourth-order valence-corrected chi connectivity index (χ4v) is 4.25. The van der Waals surface area contributed by atoms with E-state index >= 15 is 0 Å². The fourth-order valence-electron chi connectivity index (χ4n) is 4.25. The first kappa shape index (κ1) is 38.6. The van der Waals surface area contributed by atoms with Crippen molar-refractivity contribution < 1.29 is 28.9 Å². The van der Waals surface area contributed by atoms with Crippen LogP contribution in [0.4, 0.5) is 0 Å². The highest BCUT2D eigenvalue weighted by atomic mass is 17.2. The van der Waals surface area contributed by atoms with Gasteiger partial charge < -0.3 is 4.74 Å². The Morgan fingerprint density at radius 2 is 0.878 bits per heavy atom. The molecular weight excluding hydrogens is 516 g/mol. The SMILES string of the molecule is CC(C)(C)OC(=O)c1ccccc1.CCCCCCCCCCCC(=O)OOC(=O)CCCCCCCCCCC. The molecule has 0 atom stereocenters. The number of ether oxygens (including phenoxy) is 1. The van der Waals surface area contributed by atoms with Crippen LogP contribution in [-0.2, 0) is 24.1 Å². The molecule has 1 aromatic carbocycles. The van der Waals surface area contributed by atoms with Gasteiger partial charge in [0.15, 0.2) is 0 Å². The average molecular weight is 577 g/mol. The third-order valence-electron chi connectivity index (χ3n) is 6.60. The van der Waals surface area contributed by atoms with Crippen LogP contribution in [0.3, 0.4) is 0 Å². The van der Waals surface area contributed by atoms with Crippen molar-refractivity contribution >= 4 is 17.9 Å². The predicted molar refractivity (Wildman–Crippen MR) is 167 cm³/mol. The third-order valence-corrected chi connectivity index (χ3v) is 6.60. The van der Waals surface area contributed by atoms with Crippen molar-refractivity contribution in [2.24, 2.45) is 0 Å². The van der Waals surface area contributed by atoms with Crippen molar-refractivity contribution in [2.75, 3.05) is 0 Å². The summed E-state index contributed by atoms with van der Waals surface area (Å²) in [7, 11) is 0. The maximum atomic E-state index is 11.6. The molecule has 0 N–H and O–H groups in total. The molecule has 0 saturated carbocycles. The second-order valence-corrected chi connectivity index (χ2v) is 11.9. The number of unbranched alkanes of at least 4 members (excludes halogenated alkanes) is 16. The maximum Gasteiger partial charge on any atom is 0.355 e. The molecule has 0 heterocycles. The molecule has 0 unspecified atom stereocenters. The van der Waals surface area contributed by atoms with E-state index in [1.165, 1.54) is 77.0 Å². The predicted octanol–water partition coefficient (Wildman–Crippen LogP) is 10.5. The molecule has 0 aliphatic carbocycles. The lowest BCUT2D eigenvalue weighted by atomic mass is 10.1. The third kappa shape index (κ3) is 27.6. The molecule has 0 saturated heterocycles. The molecule has 6 nitrogen and oxygen atoms in total. The van der Waals surface area contributed by atoms with E-state index in [-0.39, 0.29) is 5.97 Å². The number of hydrogen-bond donors (Lipinski definition) is 0. The van der Waals surface area contributed by atoms with Gasteiger partial charge in [-0.1, -0.05) is 135 Å². The van der Waals surface area contributed by atoms with Crippen LogP contribution >= 0.6 is 0 Å². The van der Waals surface area contributed by atoms with Gasteiger partial charge in [-0.05, 0) is 45.7 Å². The Bertz CT molecular complexity index is 735. The summed E-state index contributed by atoms with van der Waals surface area (Å²) in [5, 5.41) is 0. The van der Waals surface area contributed by atoms with Gasteiger partial charge in [0, 0.05) is 0 Å². The Kier molecular flexibility index (Phi) is 25.0. The van der Waals surface area contributed by atoms with Gasteiger partial charge in [-0.2, -0.15) is 0 Å². The highest BCUT2D eigenvalue weighted by Crippen LogP contribution is 2.13. The first-order chi connectivity index (χ1) is 19.7. The molecule has 1 aromatic rings. The number of carbonyl (C=O) groups is 3. The normalized spacial score (nSPS) is 10.9. The Balaban J connectivity index is 0.00000102. The molecule has 0 spiro atoms. The van der Waals surface area contributed by atoms with Gasteiger partial charge in [0.2, 0.25) is 0 Å². The molecule has 0 aliphatic heterocycles. The van der Waals surface area contributed by atoms with Crippen LogP contribution < -0.4 is 0 Å². The van der Waals surface area contributed by atoms with E-state index in [0.717, 1.165) is 38.5 Å². The molecule has 6 heteroatoms. The van der Waals surface area contributed by atoms with Gasteiger partial charge in [-0.3, -0.25) is 0 Å². The lowest BCUT2D eigenvalue weighted by Gasteiger charge is -2.19. The van der Waals surface area contributed by atoms with Crippen LogP contribution in [0, 0.1) is 0 Å². The number of hydrogen-bond acceptors (Lipinski definition) is 6. The smallest absolute Gasteiger partial charge is 0.355 e. The van der Waals surface area contributed by atoms with Crippen LogP contribution in [-0.4, -0.2) is 23.5 Å². The van der Waals surface area contributed by atoms with E-state index in [9.17, 15) is 14.4 Å². The monoisotopic (exact) mass is 576 g/mol. The summed E-state index contributed by atoms with van der Waals surface area (Å²) >= 11 is 0. The van der Waals surface area contributed by atoms with Gasteiger partial charge in [0.05, 0.1) is 18.4 Å². The summed E-state index contributed by atoms with van der Waals surface area (Å²) in [5.41, 5.74) is 0.171. The summed E-state index contributed by atoms with van der Waals surface area (Å²) in [6, 6.07) is 8.99. The summed E-state index contributed by atoms with van der Waals surface area (Å²) in [6.07, 6.45) is 22.3. The lowest BCUT2D eigenvalue weighted by molar-refractivity contribution is -0.259. The molecule has 0 fully saturated rings. The molecule has 0 aliphatic rings. The van der Waals surface area contributed by atoms with Crippen molar-refractivity contribution in [3.05, 3.63) is 35.9 Å². The minimum absolute atomic E-state index is 0.270. The number of rotatable bonds is 21. The molecular formula is C35H60O6. The molecule has 41 heavy (non-hydrogen) atoms. The summed E-state index contributed by atoms with van der Waals surface area (Å²) in [5.74, 6) is -1.13. The van der Waals surface area contributed by atoms with Crippen molar-refractivity contribution in [3.8, 4) is 0 Å². The van der Waals surface area contributed by atoms with Crippen molar-refractivity contribution in [1.82, 2.24) is 0 Å². The van der Waals surface area contributed by atoms with E-state index in [4.69, 9.17) is 4.74 Å². The first-order valence-corrected chi connectivity index (χ1v) is 16.4. The van der Waals surface area contributed by atoms with E-state index in [0.29, 0.717) is 18.4 Å². The zero-order valence-corrected chi connectivity index (χ0v) is 27.0. The molecule has 0 bridgehead atoms. The molecule has 0 radical (unpaired) electrons. The van der Waals surface area contributed by atoms with Crippen molar-refractivity contribution in [2.45, 2.75) is 169 Å². The Hall–Kier alpha value is -2.37. The van der Waals surface area contributed by atoms with E-state index in [2.05, 4.69) is 23.6 Å². The van der Waals surface area contributed by atoms with Gasteiger partial charge in [-0.15, -0.1) is 0 Å². The minimum atomic E-state index is -0.427. The van der Waals surface area contributed by atoms with Crippen LogP contribution in [0.25, 0.3) is 0 Å². The van der Waals surface area contributed by atoms with E-state index < -0.39 is 17.5 Å². The molecule has 0 aromatic heterocycles. The van der Waals surface area contributed by atoms with Gasteiger partial charge >= 0.3 is 17.9 Å². The Labute approximate surface area is 251 Å². The topological polar surface area (TPSA) is 78.9 Å². The van der Waals surface area contributed by atoms with Crippen molar-refractivity contribution in [1.29, 1.82) is 0 Å². The largest absolute Gasteiger partial charge is 0.456 e. The second-order valence-electron chi connectivity index (χ2n) is 11.9. The fraction of sp³-hybridized carbons (Fsp3) is 0.743. The molecule has 0 amide bonds. The second kappa shape index (κ2) is 26.5. The maximum absolute atomic E-state index is 11.6. The van der Waals surface area contributed by atoms with Gasteiger partial charge in [0.1, 0.15) is 5.60 Å². The summed E-state index contributed by atoms with van der Waals surface area (Å²) < 4.78 is 5.18. The zero-order valence-electron chi connectivity index (χ0n) is 27.0. The Morgan fingerprint density at radius 1 is 0.537 bits per heavy atom. The highest BCUT2D eigenvalue weighted by molar-refractivity contribution is 5.89. The molecule has 1 rings (SSSR count). The standard InChI is InChI=1S/C24H46O4.C11H14O2/c1-3-5-7-9-11-13-15-17-19-21-23(25)27-28-24(26)22-20-18-16-14-12-10-8-6-4-2;1-11(2,3)13-10(12)9-7-5-4-6-8-9/h3-22H2,1-2H3;4-8H,1-3H3. The van der Waals surface area contributed by atoms with Crippen LogP contribution in [0.15, 0.2) is 30.3 Å². The average Bonchev–Trinajstić information content (AvgIpc) is 2.94.